The normalized spacial score (nSPS) is 17.0. The average Bonchev–Trinajstić information content (AvgIpc) is 2.95. The van der Waals surface area contributed by atoms with Crippen LogP contribution in [0.15, 0.2) is 0 Å². The van der Waals surface area contributed by atoms with E-state index in [4.69, 9.17) is 9.47 Å². The van der Waals surface area contributed by atoms with Crippen molar-refractivity contribution in [3.63, 3.8) is 0 Å². The second kappa shape index (κ2) is 3.52. The van der Waals surface area contributed by atoms with Crippen molar-refractivity contribution < 1.29 is 9.47 Å². The van der Waals surface area contributed by atoms with Gasteiger partial charge in [-0.05, 0) is 19.8 Å². The monoisotopic (exact) mass is 210 g/mol. The Morgan fingerprint density at radius 3 is 2.00 bits per heavy atom. The molecule has 0 radical (unpaired) electrons. The minimum absolute atomic E-state index is 0.122. The molecule has 1 saturated carbocycles. The first-order valence-corrected chi connectivity index (χ1v) is 4.77. The molecular formula is C9H14N4O2. The van der Waals surface area contributed by atoms with Gasteiger partial charge in [0, 0.05) is 5.54 Å². The van der Waals surface area contributed by atoms with E-state index in [1.807, 2.05) is 0 Å². The Balaban J connectivity index is 2.21. The molecule has 2 rings (SSSR count). The Bertz CT molecular complexity index is 343. The summed E-state index contributed by atoms with van der Waals surface area (Å²) in [4.78, 5) is 12.1. The standard InChI is InChI=1S/C9H14N4O2/c1-9(4-5-9)13-6-10-7(14-2)12-8(11-6)15-3/h4-5H2,1-3H3,(H,10,11,12,13). The number of methoxy groups -OCH3 is 2. The number of aromatic nitrogens is 3. The zero-order valence-electron chi connectivity index (χ0n) is 9.07. The van der Waals surface area contributed by atoms with E-state index in [0.717, 1.165) is 12.8 Å². The average molecular weight is 210 g/mol. The molecule has 0 bridgehead atoms. The third kappa shape index (κ3) is 2.26. The van der Waals surface area contributed by atoms with Gasteiger partial charge in [0.25, 0.3) is 0 Å². The van der Waals surface area contributed by atoms with Crippen LogP contribution in [-0.2, 0) is 0 Å². The molecule has 1 fully saturated rings. The highest BCUT2D eigenvalue weighted by Crippen LogP contribution is 2.37. The SMILES string of the molecule is COc1nc(NC2(C)CC2)nc(OC)n1. The summed E-state index contributed by atoms with van der Waals surface area (Å²) < 4.78 is 9.90. The van der Waals surface area contributed by atoms with Crippen LogP contribution in [-0.4, -0.2) is 34.7 Å². The highest BCUT2D eigenvalue weighted by molar-refractivity contribution is 5.34. The van der Waals surface area contributed by atoms with Gasteiger partial charge in [0.15, 0.2) is 0 Å². The number of nitrogens with one attached hydrogen (secondary N) is 1. The number of anilines is 1. The zero-order chi connectivity index (χ0) is 10.9. The molecule has 82 valence electrons. The van der Waals surface area contributed by atoms with Gasteiger partial charge in [-0.1, -0.05) is 0 Å². The maximum absolute atomic E-state index is 4.95. The van der Waals surface area contributed by atoms with E-state index in [9.17, 15) is 0 Å². The smallest absolute Gasteiger partial charge is 0.324 e. The van der Waals surface area contributed by atoms with Crippen LogP contribution < -0.4 is 14.8 Å². The number of rotatable bonds is 4. The lowest BCUT2D eigenvalue weighted by Crippen LogP contribution is -2.18. The fourth-order valence-electron chi connectivity index (χ4n) is 1.16. The van der Waals surface area contributed by atoms with Gasteiger partial charge in [0.2, 0.25) is 5.95 Å². The largest absolute Gasteiger partial charge is 0.467 e. The van der Waals surface area contributed by atoms with Crippen molar-refractivity contribution in [2.24, 2.45) is 0 Å². The van der Waals surface area contributed by atoms with E-state index in [1.165, 1.54) is 14.2 Å². The fraction of sp³-hybridized carbons (Fsp3) is 0.667. The van der Waals surface area contributed by atoms with E-state index in [0.29, 0.717) is 5.95 Å². The maximum atomic E-state index is 4.95. The highest BCUT2D eigenvalue weighted by Gasteiger charge is 2.38. The van der Waals surface area contributed by atoms with Gasteiger partial charge >= 0.3 is 12.0 Å². The first-order valence-electron chi connectivity index (χ1n) is 4.77. The van der Waals surface area contributed by atoms with Crippen LogP contribution in [0.1, 0.15) is 19.8 Å². The summed E-state index contributed by atoms with van der Waals surface area (Å²) in [7, 11) is 3.02. The molecule has 0 spiro atoms. The molecule has 1 heterocycles. The summed E-state index contributed by atoms with van der Waals surface area (Å²) in [5.74, 6) is 0.499. The second-order valence-corrected chi connectivity index (χ2v) is 3.82. The molecule has 0 atom stereocenters. The van der Waals surface area contributed by atoms with E-state index >= 15 is 0 Å². The summed E-state index contributed by atoms with van der Waals surface area (Å²) in [6.45, 7) is 2.12. The lowest BCUT2D eigenvalue weighted by atomic mass is 10.3. The Kier molecular flexibility index (Phi) is 2.34. The lowest BCUT2D eigenvalue weighted by molar-refractivity contribution is 0.341. The molecule has 6 nitrogen and oxygen atoms in total. The minimum atomic E-state index is 0.122. The summed E-state index contributed by atoms with van der Waals surface area (Å²) in [6.07, 6.45) is 2.26. The fourth-order valence-corrected chi connectivity index (χ4v) is 1.16. The molecule has 0 aromatic carbocycles. The van der Waals surface area contributed by atoms with Gasteiger partial charge in [0.05, 0.1) is 14.2 Å². The van der Waals surface area contributed by atoms with Crippen LogP contribution in [0.2, 0.25) is 0 Å². The molecule has 1 N–H and O–H groups in total. The zero-order valence-corrected chi connectivity index (χ0v) is 9.07. The van der Waals surface area contributed by atoms with Crippen LogP contribution in [0.5, 0.6) is 12.0 Å². The molecule has 6 heteroatoms. The van der Waals surface area contributed by atoms with Gasteiger partial charge in [-0.2, -0.15) is 9.97 Å². The van der Waals surface area contributed by atoms with Crippen LogP contribution in [0, 0.1) is 0 Å². The Labute approximate surface area is 88.1 Å². The summed E-state index contributed by atoms with van der Waals surface area (Å²) in [5, 5.41) is 3.22. The van der Waals surface area contributed by atoms with E-state index < -0.39 is 0 Å². The van der Waals surface area contributed by atoms with Gasteiger partial charge in [0.1, 0.15) is 0 Å². The molecule has 0 amide bonds. The van der Waals surface area contributed by atoms with Crippen molar-refractivity contribution in [2.45, 2.75) is 25.3 Å². The van der Waals surface area contributed by atoms with Crippen molar-refractivity contribution in [1.82, 2.24) is 15.0 Å². The molecule has 1 aromatic rings. The van der Waals surface area contributed by atoms with Crippen molar-refractivity contribution in [2.75, 3.05) is 19.5 Å². The number of nitrogens with zero attached hydrogens (tertiary/aromatic N) is 3. The van der Waals surface area contributed by atoms with Crippen LogP contribution in [0.4, 0.5) is 5.95 Å². The Morgan fingerprint density at radius 2 is 1.60 bits per heavy atom. The molecule has 1 aliphatic rings. The molecule has 1 aromatic heterocycles. The number of hydrogen-bond acceptors (Lipinski definition) is 6. The quantitative estimate of drug-likeness (QED) is 0.794. The molecule has 0 aliphatic heterocycles. The Morgan fingerprint density at radius 1 is 1.07 bits per heavy atom. The van der Waals surface area contributed by atoms with Gasteiger partial charge in [-0.15, -0.1) is 4.98 Å². The number of ether oxygens (including phenoxy) is 2. The third-order valence-electron chi connectivity index (χ3n) is 2.37. The van der Waals surface area contributed by atoms with E-state index in [2.05, 4.69) is 27.2 Å². The molecular weight excluding hydrogens is 196 g/mol. The lowest BCUT2D eigenvalue weighted by Gasteiger charge is -2.11. The first kappa shape index (κ1) is 9.95. The van der Waals surface area contributed by atoms with Crippen molar-refractivity contribution >= 4 is 5.95 Å². The summed E-state index contributed by atoms with van der Waals surface area (Å²) in [6, 6.07) is 0.516. The van der Waals surface area contributed by atoms with Gasteiger partial charge < -0.3 is 14.8 Å². The molecule has 15 heavy (non-hydrogen) atoms. The van der Waals surface area contributed by atoms with Crippen LogP contribution in [0.3, 0.4) is 0 Å². The van der Waals surface area contributed by atoms with Gasteiger partial charge in [-0.3, -0.25) is 0 Å². The predicted molar refractivity (Wildman–Crippen MR) is 54.2 cm³/mol. The van der Waals surface area contributed by atoms with Crippen molar-refractivity contribution in [1.29, 1.82) is 0 Å². The molecule has 0 saturated heterocycles. The van der Waals surface area contributed by atoms with Gasteiger partial charge in [-0.25, -0.2) is 0 Å². The molecule has 1 aliphatic carbocycles. The van der Waals surface area contributed by atoms with E-state index in [1.54, 1.807) is 0 Å². The van der Waals surface area contributed by atoms with Crippen LogP contribution in [0.25, 0.3) is 0 Å². The number of hydrogen-bond donors (Lipinski definition) is 1. The van der Waals surface area contributed by atoms with Crippen LogP contribution >= 0.6 is 0 Å². The highest BCUT2D eigenvalue weighted by atomic mass is 16.5. The second-order valence-electron chi connectivity index (χ2n) is 3.82. The minimum Gasteiger partial charge on any atom is -0.467 e. The topological polar surface area (TPSA) is 69.2 Å². The Hall–Kier alpha value is -1.59. The third-order valence-corrected chi connectivity index (χ3v) is 2.37. The first-order chi connectivity index (χ1) is 7.15. The maximum Gasteiger partial charge on any atom is 0.324 e. The molecule has 0 unspecified atom stereocenters. The summed E-state index contributed by atoms with van der Waals surface area (Å²) in [5.41, 5.74) is 0.122. The summed E-state index contributed by atoms with van der Waals surface area (Å²) >= 11 is 0. The van der Waals surface area contributed by atoms with Crippen molar-refractivity contribution in [3.8, 4) is 12.0 Å². The van der Waals surface area contributed by atoms with E-state index in [-0.39, 0.29) is 17.6 Å². The predicted octanol–water partition coefficient (Wildman–Crippen LogP) is 0.853. The van der Waals surface area contributed by atoms with Crippen molar-refractivity contribution in [3.05, 3.63) is 0 Å².